The molecule has 2 aromatic rings. The Balaban J connectivity index is 1.99. The summed E-state index contributed by atoms with van der Waals surface area (Å²) in [5, 5.41) is -0.0824. The van der Waals surface area contributed by atoms with Gasteiger partial charge in [0.25, 0.3) is 0 Å². The highest BCUT2D eigenvalue weighted by molar-refractivity contribution is 9.10. The van der Waals surface area contributed by atoms with Crippen molar-refractivity contribution in [1.82, 2.24) is 9.55 Å². The third kappa shape index (κ3) is 2.87. The van der Waals surface area contributed by atoms with Gasteiger partial charge in [-0.25, -0.2) is 4.98 Å². The molecule has 1 aromatic carbocycles. The molecule has 20 heavy (non-hydrogen) atoms. The van der Waals surface area contributed by atoms with Crippen molar-refractivity contribution in [2.45, 2.75) is 31.7 Å². The van der Waals surface area contributed by atoms with E-state index in [9.17, 15) is 0 Å². The number of benzene rings is 1. The minimum absolute atomic E-state index is 0.0824. The Bertz CT molecular complexity index is 605. The van der Waals surface area contributed by atoms with E-state index in [-0.39, 0.29) is 5.38 Å². The topological polar surface area (TPSA) is 27.1 Å². The molecular formula is C15H18BrClN2O. The van der Waals surface area contributed by atoms with Gasteiger partial charge in [0.05, 0.1) is 16.4 Å². The zero-order valence-corrected chi connectivity index (χ0v) is 13.8. The number of alkyl halides is 1. The van der Waals surface area contributed by atoms with Crippen molar-refractivity contribution in [3.05, 3.63) is 28.5 Å². The van der Waals surface area contributed by atoms with Gasteiger partial charge in [-0.2, -0.15) is 0 Å². The van der Waals surface area contributed by atoms with Gasteiger partial charge in [-0.15, -0.1) is 11.6 Å². The maximum absolute atomic E-state index is 6.32. The van der Waals surface area contributed by atoms with Crippen LogP contribution < -0.4 is 0 Å². The molecule has 0 amide bonds. The summed E-state index contributed by atoms with van der Waals surface area (Å²) in [6.45, 7) is 4.70. The van der Waals surface area contributed by atoms with Crippen molar-refractivity contribution in [2.75, 3.05) is 13.2 Å². The maximum atomic E-state index is 6.32. The Morgan fingerprint density at radius 1 is 1.45 bits per heavy atom. The average Bonchev–Trinajstić information content (AvgIpc) is 2.78. The van der Waals surface area contributed by atoms with Crippen LogP contribution in [-0.2, 0) is 11.3 Å². The number of fused-ring (bicyclic) bond motifs is 1. The van der Waals surface area contributed by atoms with Gasteiger partial charge in [0.2, 0.25) is 0 Å². The molecule has 0 saturated carbocycles. The molecule has 1 unspecified atom stereocenters. The van der Waals surface area contributed by atoms with Crippen molar-refractivity contribution in [3.8, 4) is 0 Å². The molecule has 1 aromatic heterocycles. The lowest BCUT2D eigenvalue weighted by Crippen LogP contribution is -2.21. The van der Waals surface area contributed by atoms with E-state index in [1.54, 1.807) is 0 Å². The van der Waals surface area contributed by atoms with Crippen molar-refractivity contribution < 1.29 is 4.74 Å². The molecule has 0 bridgehead atoms. The predicted octanol–water partition coefficient (Wildman–Crippen LogP) is 4.53. The minimum atomic E-state index is -0.0824. The predicted molar refractivity (Wildman–Crippen MR) is 85.2 cm³/mol. The fraction of sp³-hybridized carbons (Fsp3) is 0.533. The molecule has 1 saturated heterocycles. The lowest BCUT2D eigenvalue weighted by molar-refractivity contribution is 0.0613. The Hall–Kier alpha value is -0.580. The Kier molecular flexibility index (Phi) is 4.34. The standard InChI is InChI=1S/C15H18BrClN2O/c1-10(17)15-18-13-8-12(16)2-3-14(13)19(15)9-11-4-6-20-7-5-11/h2-3,8,10-11H,4-7,9H2,1H3. The van der Waals surface area contributed by atoms with Crippen molar-refractivity contribution in [2.24, 2.45) is 5.92 Å². The van der Waals surface area contributed by atoms with Crippen LogP contribution in [0.5, 0.6) is 0 Å². The quantitative estimate of drug-likeness (QED) is 0.755. The van der Waals surface area contributed by atoms with Crippen LogP contribution in [0, 0.1) is 5.92 Å². The van der Waals surface area contributed by atoms with Crippen molar-refractivity contribution in [1.29, 1.82) is 0 Å². The number of ether oxygens (including phenoxy) is 1. The molecule has 3 nitrogen and oxygen atoms in total. The van der Waals surface area contributed by atoms with Crippen molar-refractivity contribution >= 4 is 38.6 Å². The number of aromatic nitrogens is 2. The lowest BCUT2D eigenvalue weighted by atomic mass is 10.0. The summed E-state index contributed by atoms with van der Waals surface area (Å²) in [7, 11) is 0. The van der Waals surface area contributed by atoms with Crippen LogP contribution in [-0.4, -0.2) is 22.8 Å². The molecule has 1 fully saturated rings. The Morgan fingerprint density at radius 2 is 2.20 bits per heavy atom. The Morgan fingerprint density at radius 3 is 2.90 bits per heavy atom. The third-order valence-corrected chi connectivity index (χ3v) is 4.57. The molecule has 3 rings (SSSR count). The molecule has 0 spiro atoms. The van der Waals surface area contributed by atoms with Gasteiger partial charge in [0.1, 0.15) is 5.82 Å². The average molecular weight is 358 g/mol. The highest BCUT2D eigenvalue weighted by Gasteiger charge is 2.20. The molecule has 5 heteroatoms. The van der Waals surface area contributed by atoms with E-state index in [2.05, 4.69) is 38.7 Å². The smallest absolute Gasteiger partial charge is 0.127 e. The summed E-state index contributed by atoms with van der Waals surface area (Å²) in [5.74, 6) is 1.62. The SMILES string of the molecule is CC(Cl)c1nc2cc(Br)ccc2n1CC1CCOCC1. The lowest BCUT2D eigenvalue weighted by Gasteiger charge is -2.23. The van der Waals surface area contributed by atoms with Gasteiger partial charge in [0, 0.05) is 24.2 Å². The normalized spacial score (nSPS) is 18.6. The van der Waals surface area contributed by atoms with Crippen LogP contribution in [0.25, 0.3) is 11.0 Å². The first-order chi connectivity index (χ1) is 9.65. The van der Waals surface area contributed by atoms with Crippen LogP contribution in [0.15, 0.2) is 22.7 Å². The summed E-state index contributed by atoms with van der Waals surface area (Å²) in [6, 6.07) is 6.24. The first kappa shape index (κ1) is 14.4. The molecule has 1 aliphatic heterocycles. The second-order valence-electron chi connectivity index (χ2n) is 5.39. The molecule has 1 atom stereocenters. The fourth-order valence-electron chi connectivity index (χ4n) is 2.80. The first-order valence-corrected chi connectivity index (χ1v) is 8.25. The van der Waals surface area contributed by atoms with E-state index in [0.717, 1.165) is 48.4 Å². The number of nitrogens with zero attached hydrogens (tertiary/aromatic N) is 2. The molecule has 0 radical (unpaired) electrons. The van der Waals surface area contributed by atoms with Gasteiger partial charge >= 0.3 is 0 Å². The van der Waals surface area contributed by atoms with Gasteiger partial charge in [-0.1, -0.05) is 15.9 Å². The molecule has 0 N–H and O–H groups in total. The maximum Gasteiger partial charge on any atom is 0.127 e. The summed E-state index contributed by atoms with van der Waals surface area (Å²) >= 11 is 9.82. The second-order valence-corrected chi connectivity index (χ2v) is 6.96. The van der Waals surface area contributed by atoms with E-state index in [0.29, 0.717) is 5.92 Å². The highest BCUT2D eigenvalue weighted by atomic mass is 79.9. The summed E-state index contributed by atoms with van der Waals surface area (Å²) < 4.78 is 8.78. The molecule has 2 heterocycles. The van der Waals surface area contributed by atoms with E-state index in [4.69, 9.17) is 21.3 Å². The zero-order chi connectivity index (χ0) is 14.1. The summed E-state index contributed by atoms with van der Waals surface area (Å²) in [6.07, 6.45) is 2.23. The van der Waals surface area contributed by atoms with E-state index in [1.165, 1.54) is 5.52 Å². The van der Waals surface area contributed by atoms with E-state index in [1.807, 2.05) is 6.92 Å². The van der Waals surface area contributed by atoms with Crippen molar-refractivity contribution in [3.63, 3.8) is 0 Å². The number of rotatable bonds is 3. The fourth-order valence-corrected chi connectivity index (χ4v) is 3.32. The van der Waals surface area contributed by atoms with Gasteiger partial charge in [-0.3, -0.25) is 0 Å². The van der Waals surface area contributed by atoms with Crippen LogP contribution >= 0.6 is 27.5 Å². The molecule has 1 aliphatic rings. The Labute approximate surface area is 132 Å². The second kappa shape index (κ2) is 6.04. The monoisotopic (exact) mass is 356 g/mol. The van der Waals surface area contributed by atoms with E-state index < -0.39 is 0 Å². The van der Waals surface area contributed by atoms with Crippen LogP contribution in [0.2, 0.25) is 0 Å². The van der Waals surface area contributed by atoms with Gasteiger partial charge < -0.3 is 9.30 Å². The minimum Gasteiger partial charge on any atom is -0.381 e. The number of imidazole rings is 1. The number of halogens is 2. The van der Waals surface area contributed by atoms with Crippen LogP contribution in [0.3, 0.4) is 0 Å². The highest BCUT2D eigenvalue weighted by Crippen LogP contribution is 2.29. The summed E-state index contributed by atoms with van der Waals surface area (Å²) in [5.41, 5.74) is 2.18. The van der Waals surface area contributed by atoms with Crippen LogP contribution in [0.1, 0.15) is 31.0 Å². The molecule has 108 valence electrons. The van der Waals surface area contributed by atoms with Gasteiger partial charge in [0.15, 0.2) is 0 Å². The molecule has 0 aliphatic carbocycles. The zero-order valence-electron chi connectivity index (χ0n) is 11.5. The third-order valence-electron chi connectivity index (χ3n) is 3.88. The molecular weight excluding hydrogens is 340 g/mol. The first-order valence-electron chi connectivity index (χ1n) is 7.02. The number of hydrogen-bond acceptors (Lipinski definition) is 2. The van der Waals surface area contributed by atoms with E-state index >= 15 is 0 Å². The number of hydrogen-bond donors (Lipinski definition) is 0. The summed E-state index contributed by atoms with van der Waals surface area (Å²) in [4.78, 5) is 4.71. The largest absolute Gasteiger partial charge is 0.381 e. The van der Waals surface area contributed by atoms with Crippen LogP contribution in [0.4, 0.5) is 0 Å². The van der Waals surface area contributed by atoms with Gasteiger partial charge in [-0.05, 0) is 43.9 Å².